The molecule has 0 N–H and O–H groups in total. The standard InChI is InChI=1S/C57H43N3O/c1-2-10-36(11-3-1)37-18-22-39(23-19-37)52-58-53(60-54(59-52)55-31-35-28-42-30-43(33-55)56(42,32-35)34-55)40-24-20-38(21-25-40)41-26-27-51-49(29-41)57(48-16-8-9-17-50(48)61-51)46-14-6-4-12-44(46)45-13-5-7-15-47(45)57/h1-27,29,35,42-43H,28,30-34H2/t35-,42+,43?,55?,56-/m1/s1. The minimum absolute atomic E-state index is 0.0481. The van der Waals surface area contributed by atoms with Crippen molar-refractivity contribution in [3.05, 3.63) is 198 Å². The van der Waals surface area contributed by atoms with Gasteiger partial charge < -0.3 is 4.74 Å². The Hall–Kier alpha value is -6.65. The van der Waals surface area contributed by atoms with Gasteiger partial charge >= 0.3 is 0 Å². The number of nitrogens with zero attached hydrogens (tertiary/aromatic N) is 3. The molecule has 2 unspecified atom stereocenters. The summed E-state index contributed by atoms with van der Waals surface area (Å²) in [5, 5.41) is 0. The highest BCUT2D eigenvalue weighted by molar-refractivity contribution is 5.89. The predicted octanol–water partition coefficient (Wildman–Crippen LogP) is 13.5. The van der Waals surface area contributed by atoms with Crippen molar-refractivity contribution in [1.29, 1.82) is 0 Å². The molecule has 5 aliphatic carbocycles. The lowest BCUT2D eigenvalue weighted by Gasteiger charge is -2.49. The van der Waals surface area contributed by atoms with Gasteiger partial charge in [0.2, 0.25) is 0 Å². The van der Waals surface area contributed by atoms with Gasteiger partial charge in [0.1, 0.15) is 17.3 Å². The second-order valence-electron chi connectivity index (χ2n) is 19.0. The molecule has 8 aromatic rings. The number of rotatable bonds is 5. The molecular formula is C57H43N3O. The molecule has 1 aromatic heterocycles. The van der Waals surface area contributed by atoms with Crippen LogP contribution < -0.4 is 4.74 Å². The normalized spacial score (nSPS) is 24.9. The van der Waals surface area contributed by atoms with Crippen LogP contribution >= 0.6 is 0 Å². The molecule has 0 amide bonds. The summed E-state index contributed by atoms with van der Waals surface area (Å²) >= 11 is 0. The summed E-state index contributed by atoms with van der Waals surface area (Å²) in [5.74, 6) is 6.94. The summed E-state index contributed by atoms with van der Waals surface area (Å²) in [6, 6.07) is 61.4. The molecule has 6 aliphatic rings. The first kappa shape index (κ1) is 34.1. The smallest absolute Gasteiger partial charge is 0.163 e. The molecular weight excluding hydrogens is 743 g/mol. The lowest BCUT2D eigenvalue weighted by Crippen LogP contribution is -2.42. The summed E-state index contributed by atoms with van der Waals surface area (Å²) < 4.78 is 6.72. The molecule has 0 radical (unpaired) electrons. The Morgan fingerprint density at radius 1 is 0.426 bits per heavy atom. The van der Waals surface area contributed by atoms with Gasteiger partial charge in [-0.25, -0.2) is 15.0 Å². The maximum atomic E-state index is 6.72. The van der Waals surface area contributed by atoms with Gasteiger partial charge in [-0.15, -0.1) is 0 Å². The Kier molecular flexibility index (Phi) is 6.84. The first-order valence-corrected chi connectivity index (χ1v) is 22.2. The maximum Gasteiger partial charge on any atom is 0.163 e. The van der Waals surface area contributed by atoms with Crippen LogP contribution in [-0.4, -0.2) is 15.0 Å². The monoisotopic (exact) mass is 785 g/mol. The Labute approximate surface area is 356 Å². The van der Waals surface area contributed by atoms with Crippen molar-refractivity contribution in [1.82, 2.24) is 15.0 Å². The fraction of sp³-hybridized carbons (Fsp3) is 0.211. The molecule has 3 bridgehead atoms. The van der Waals surface area contributed by atoms with Crippen molar-refractivity contribution >= 4 is 0 Å². The third-order valence-electron chi connectivity index (χ3n) is 16.1. The van der Waals surface area contributed by atoms with Crippen LogP contribution in [0.25, 0.3) is 56.2 Å². The average Bonchev–Trinajstić information content (AvgIpc) is 3.80. The molecule has 61 heavy (non-hydrogen) atoms. The SMILES string of the molecule is c1ccc(-c2ccc(-c3nc(-c4ccc(-c5ccc6c(c5)C5(c7ccccc7O6)c6ccccc6-c6ccccc65)cc4)nc(C45CC6C[C@@H]7C[C@H](C4)C[C@]67C5)n3)cc2)cc1. The van der Waals surface area contributed by atoms with Crippen LogP contribution in [0, 0.1) is 23.2 Å². The molecule has 2 spiro atoms. The van der Waals surface area contributed by atoms with Gasteiger partial charge in [-0.1, -0.05) is 152 Å². The van der Waals surface area contributed by atoms with E-state index >= 15 is 0 Å². The zero-order valence-corrected chi connectivity index (χ0v) is 33.9. The Morgan fingerprint density at radius 3 is 1.69 bits per heavy atom. The van der Waals surface area contributed by atoms with Gasteiger partial charge in [0.15, 0.2) is 11.6 Å². The van der Waals surface area contributed by atoms with E-state index in [0.717, 1.165) is 69.0 Å². The number of aromatic nitrogens is 3. The zero-order chi connectivity index (χ0) is 39.9. The zero-order valence-electron chi connectivity index (χ0n) is 33.9. The molecule has 5 atom stereocenters. The molecule has 1 aliphatic heterocycles. The lowest BCUT2D eigenvalue weighted by molar-refractivity contribution is -0.000324. The predicted molar refractivity (Wildman–Crippen MR) is 241 cm³/mol. The Morgan fingerprint density at radius 2 is 0.984 bits per heavy atom. The summed E-state index contributed by atoms with van der Waals surface area (Å²) in [5.41, 5.74) is 14.4. The third-order valence-corrected chi connectivity index (χ3v) is 16.1. The van der Waals surface area contributed by atoms with Crippen LogP contribution in [0.1, 0.15) is 66.6 Å². The third kappa shape index (κ3) is 4.63. The Balaban J connectivity index is 0.877. The number of para-hydroxylation sites is 1. The highest BCUT2D eigenvalue weighted by Crippen LogP contribution is 2.78. The summed E-state index contributed by atoms with van der Waals surface area (Å²) in [6.07, 6.45) is 7.96. The van der Waals surface area contributed by atoms with Crippen LogP contribution in [0.5, 0.6) is 11.5 Å². The van der Waals surface area contributed by atoms with E-state index in [-0.39, 0.29) is 5.41 Å². The van der Waals surface area contributed by atoms with Gasteiger partial charge in [-0.05, 0) is 124 Å². The fourth-order valence-electron chi connectivity index (χ4n) is 13.8. The van der Waals surface area contributed by atoms with Crippen molar-refractivity contribution in [3.8, 4) is 67.7 Å². The minimum atomic E-state index is -0.498. The molecule has 4 fully saturated rings. The van der Waals surface area contributed by atoms with Crippen molar-refractivity contribution in [2.24, 2.45) is 23.2 Å². The summed E-state index contributed by atoms with van der Waals surface area (Å²) in [7, 11) is 0. The summed E-state index contributed by atoms with van der Waals surface area (Å²) in [4.78, 5) is 16.2. The van der Waals surface area contributed by atoms with E-state index in [1.165, 1.54) is 83.0 Å². The van der Waals surface area contributed by atoms with Crippen molar-refractivity contribution in [2.75, 3.05) is 0 Å². The fourth-order valence-corrected chi connectivity index (χ4v) is 13.8. The van der Waals surface area contributed by atoms with E-state index in [2.05, 4.69) is 170 Å². The minimum Gasteiger partial charge on any atom is -0.457 e. The van der Waals surface area contributed by atoms with Gasteiger partial charge in [0.05, 0.1) is 5.41 Å². The number of benzene rings is 7. The molecule has 4 heteroatoms. The van der Waals surface area contributed by atoms with Crippen LogP contribution in [0.15, 0.2) is 170 Å². The van der Waals surface area contributed by atoms with E-state index in [1.54, 1.807) is 0 Å². The van der Waals surface area contributed by atoms with Crippen molar-refractivity contribution in [3.63, 3.8) is 0 Å². The van der Waals surface area contributed by atoms with Crippen LogP contribution in [-0.2, 0) is 10.8 Å². The first-order chi connectivity index (χ1) is 30.1. The number of hydrogen-bond donors (Lipinski definition) is 0. The highest BCUT2D eigenvalue weighted by Gasteiger charge is 2.71. The van der Waals surface area contributed by atoms with E-state index in [1.807, 2.05) is 0 Å². The molecule has 7 aromatic carbocycles. The largest absolute Gasteiger partial charge is 0.457 e. The number of fused-ring (bicyclic) bond motifs is 11. The van der Waals surface area contributed by atoms with E-state index in [4.69, 9.17) is 19.7 Å². The molecule has 14 rings (SSSR count). The second kappa shape index (κ2) is 12.2. The van der Waals surface area contributed by atoms with E-state index < -0.39 is 5.41 Å². The molecule has 2 heterocycles. The average molecular weight is 786 g/mol. The topological polar surface area (TPSA) is 47.9 Å². The number of ether oxygens (including phenoxy) is 1. The summed E-state index contributed by atoms with van der Waals surface area (Å²) in [6.45, 7) is 0. The van der Waals surface area contributed by atoms with Crippen molar-refractivity contribution in [2.45, 2.75) is 49.4 Å². The molecule has 4 nitrogen and oxygen atoms in total. The van der Waals surface area contributed by atoms with Crippen molar-refractivity contribution < 1.29 is 4.74 Å². The van der Waals surface area contributed by atoms with Gasteiger partial charge in [0.25, 0.3) is 0 Å². The van der Waals surface area contributed by atoms with Gasteiger partial charge in [-0.2, -0.15) is 0 Å². The Bertz CT molecular complexity index is 3050. The van der Waals surface area contributed by atoms with Gasteiger partial charge in [-0.3, -0.25) is 0 Å². The van der Waals surface area contributed by atoms with E-state index in [9.17, 15) is 0 Å². The van der Waals surface area contributed by atoms with Crippen LogP contribution in [0.3, 0.4) is 0 Å². The quantitative estimate of drug-likeness (QED) is 0.174. The molecule has 4 saturated carbocycles. The van der Waals surface area contributed by atoms with Crippen LogP contribution in [0.2, 0.25) is 0 Å². The maximum absolute atomic E-state index is 6.72. The lowest BCUT2D eigenvalue weighted by atomic mass is 9.55. The van der Waals surface area contributed by atoms with Crippen LogP contribution in [0.4, 0.5) is 0 Å². The molecule has 292 valence electrons. The molecule has 0 saturated heterocycles. The highest BCUT2D eigenvalue weighted by atomic mass is 16.5. The van der Waals surface area contributed by atoms with Gasteiger partial charge in [0, 0.05) is 27.7 Å². The first-order valence-electron chi connectivity index (χ1n) is 22.2. The number of hydrogen-bond acceptors (Lipinski definition) is 4. The van der Waals surface area contributed by atoms with E-state index in [0.29, 0.717) is 5.41 Å². The second-order valence-corrected chi connectivity index (χ2v) is 19.0.